The zero-order valence-corrected chi connectivity index (χ0v) is 36.9. The Kier molecular flexibility index (Phi) is 40.9. The molecular formula is C48H88N2O7. The third-order valence-electron chi connectivity index (χ3n) is 10.7. The molecule has 0 fully saturated rings. The number of esters is 1. The minimum absolute atomic E-state index is 0.0524. The molecule has 57 heavy (non-hydrogen) atoms. The molecule has 332 valence electrons. The van der Waals surface area contributed by atoms with Crippen LogP contribution >= 0.6 is 0 Å². The number of carbonyl (C=O) groups excluding carboxylic acids is 3. The molecule has 0 aromatic carbocycles. The molecule has 2 amide bonds. The van der Waals surface area contributed by atoms with Gasteiger partial charge in [0.15, 0.2) is 0 Å². The quantitative estimate of drug-likeness (QED) is 0.0273. The molecule has 4 N–H and O–H groups in total. The number of nitrogens with one attached hydrogen (secondary N) is 2. The van der Waals surface area contributed by atoms with Crippen molar-refractivity contribution in [1.29, 1.82) is 0 Å². The largest absolute Gasteiger partial charge is 0.480 e. The molecule has 0 bridgehead atoms. The Bertz CT molecular complexity index is 1010. The second kappa shape index (κ2) is 42.9. The van der Waals surface area contributed by atoms with Crippen LogP contribution < -0.4 is 10.6 Å². The molecule has 0 rings (SSSR count). The highest BCUT2D eigenvalue weighted by Gasteiger charge is 2.19. The SMILES string of the molecule is CCCCC/C=C\C/C=C\CCCC(CCCCCCCC(=O)NCC(=O)NC(CO)C(=O)O)OC(=O)CCCCCCCCCCCCCCCCCCCC. The maximum absolute atomic E-state index is 12.8. The number of rotatable bonds is 43. The van der Waals surface area contributed by atoms with Gasteiger partial charge in [-0.05, 0) is 64.2 Å². The third kappa shape index (κ3) is 39.9. The van der Waals surface area contributed by atoms with Crippen molar-refractivity contribution in [1.82, 2.24) is 10.6 Å². The average molecular weight is 805 g/mol. The highest BCUT2D eigenvalue weighted by atomic mass is 16.5. The Morgan fingerprint density at radius 1 is 0.526 bits per heavy atom. The van der Waals surface area contributed by atoms with Crippen LogP contribution in [-0.4, -0.2) is 59.3 Å². The fourth-order valence-electron chi connectivity index (χ4n) is 7.05. The summed E-state index contributed by atoms with van der Waals surface area (Å²) in [6.07, 6.45) is 47.8. The van der Waals surface area contributed by atoms with Gasteiger partial charge in [-0.3, -0.25) is 14.4 Å². The average Bonchev–Trinajstić information content (AvgIpc) is 3.20. The summed E-state index contributed by atoms with van der Waals surface area (Å²) in [5.41, 5.74) is 0. The standard InChI is InChI=1S/C48H88N2O7/c1-3-5-7-9-11-13-15-16-17-18-19-20-21-23-25-27-32-36-40-47(54)57-43(37-33-29-26-24-22-14-12-10-8-6-4-2)38-34-30-28-31-35-39-45(52)49-41-46(53)50-44(42-51)48(55)56/h12,14,24,26,43-44,51H,3-11,13,15-23,25,27-42H2,1-2H3,(H,49,52)(H,50,53)(H,55,56)/b14-12-,26-24-. The highest BCUT2D eigenvalue weighted by molar-refractivity contribution is 5.87. The topological polar surface area (TPSA) is 142 Å². The Labute approximate surface area is 349 Å². The lowest BCUT2D eigenvalue weighted by Gasteiger charge is -2.18. The summed E-state index contributed by atoms with van der Waals surface area (Å²) < 4.78 is 6.02. The molecule has 0 saturated carbocycles. The predicted octanol–water partition coefficient (Wildman–Crippen LogP) is 12.0. The van der Waals surface area contributed by atoms with Crippen LogP contribution in [0.1, 0.15) is 232 Å². The highest BCUT2D eigenvalue weighted by Crippen LogP contribution is 2.18. The summed E-state index contributed by atoms with van der Waals surface area (Å²) in [7, 11) is 0. The van der Waals surface area contributed by atoms with Crippen LogP contribution in [0.3, 0.4) is 0 Å². The molecule has 0 aliphatic carbocycles. The number of carboxylic acid groups (broad SMARTS) is 1. The minimum atomic E-state index is -1.38. The van der Waals surface area contributed by atoms with Gasteiger partial charge in [-0.25, -0.2) is 4.79 Å². The van der Waals surface area contributed by atoms with E-state index < -0.39 is 24.5 Å². The smallest absolute Gasteiger partial charge is 0.328 e. The van der Waals surface area contributed by atoms with E-state index in [4.69, 9.17) is 14.9 Å². The second-order valence-corrected chi connectivity index (χ2v) is 16.2. The van der Waals surface area contributed by atoms with E-state index in [0.717, 1.165) is 77.0 Å². The molecule has 9 heteroatoms. The van der Waals surface area contributed by atoms with Crippen LogP contribution in [-0.2, 0) is 23.9 Å². The van der Waals surface area contributed by atoms with E-state index in [1.807, 2.05) is 0 Å². The van der Waals surface area contributed by atoms with Gasteiger partial charge in [-0.15, -0.1) is 0 Å². The monoisotopic (exact) mass is 805 g/mol. The van der Waals surface area contributed by atoms with Gasteiger partial charge in [0.1, 0.15) is 12.1 Å². The second-order valence-electron chi connectivity index (χ2n) is 16.2. The van der Waals surface area contributed by atoms with E-state index >= 15 is 0 Å². The number of hydrogen-bond donors (Lipinski definition) is 4. The van der Waals surface area contributed by atoms with E-state index in [2.05, 4.69) is 48.8 Å². The van der Waals surface area contributed by atoms with Crippen LogP contribution in [0.25, 0.3) is 0 Å². The number of hydrogen-bond acceptors (Lipinski definition) is 6. The Balaban J connectivity index is 4.26. The molecule has 0 aliphatic heterocycles. The molecule has 0 saturated heterocycles. The number of aliphatic hydroxyl groups excluding tert-OH is 1. The first-order valence-electron chi connectivity index (χ1n) is 23.7. The van der Waals surface area contributed by atoms with Crippen molar-refractivity contribution in [3.05, 3.63) is 24.3 Å². The van der Waals surface area contributed by atoms with Gasteiger partial charge >= 0.3 is 11.9 Å². The molecule has 0 aromatic heterocycles. The van der Waals surface area contributed by atoms with Crippen molar-refractivity contribution in [2.24, 2.45) is 0 Å². The third-order valence-corrected chi connectivity index (χ3v) is 10.7. The van der Waals surface area contributed by atoms with Crippen molar-refractivity contribution in [2.75, 3.05) is 13.2 Å². The lowest BCUT2D eigenvalue weighted by Crippen LogP contribution is -2.47. The Hall–Kier alpha value is -2.68. The number of amides is 2. The molecule has 9 nitrogen and oxygen atoms in total. The first kappa shape index (κ1) is 54.3. The van der Waals surface area contributed by atoms with Gasteiger partial charge in [-0.2, -0.15) is 0 Å². The van der Waals surface area contributed by atoms with E-state index in [-0.39, 0.29) is 30.9 Å². The Morgan fingerprint density at radius 2 is 0.965 bits per heavy atom. The molecule has 0 radical (unpaired) electrons. The van der Waals surface area contributed by atoms with Gasteiger partial charge in [0, 0.05) is 12.8 Å². The lowest BCUT2D eigenvalue weighted by molar-refractivity contribution is -0.150. The summed E-state index contributed by atoms with van der Waals surface area (Å²) in [4.78, 5) is 47.6. The summed E-state index contributed by atoms with van der Waals surface area (Å²) in [5, 5.41) is 22.6. The fraction of sp³-hybridized carbons (Fsp3) is 0.833. The van der Waals surface area contributed by atoms with E-state index in [1.54, 1.807) is 0 Å². The van der Waals surface area contributed by atoms with E-state index in [1.165, 1.54) is 122 Å². The number of aliphatic carboxylic acids is 1. The van der Waals surface area contributed by atoms with Crippen molar-refractivity contribution in [3.63, 3.8) is 0 Å². The summed E-state index contributed by atoms with van der Waals surface area (Å²) in [6.45, 7) is 3.47. The maximum Gasteiger partial charge on any atom is 0.328 e. The number of carboxylic acids is 1. The summed E-state index contributed by atoms with van der Waals surface area (Å²) in [6, 6.07) is -1.38. The molecule has 2 atom stereocenters. The molecule has 0 heterocycles. The molecule has 0 aromatic rings. The minimum Gasteiger partial charge on any atom is -0.480 e. The van der Waals surface area contributed by atoms with Crippen LogP contribution in [0.2, 0.25) is 0 Å². The van der Waals surface area contributed by atoms with Gasteiger partial charge in [0.05, 0.1) is 13.2 Å². The molecule has 2 unspecified atom stereocenters. The van der Waals surface area contributed by atoms with Gasteiger partial charge in [0.2, 0.25) is 11.8 Å². The van der Waals surface area contributed by atoms with Crippen LogP contribution in [0.5, 0.6) is 0 Å². The lowest BCUT2D eigenvalue weighted by atomic mass is 10.0. The van der Waals surface area contributed by atoms with Crippen LogP contribution in [0.4, 0.5) is 0 Å². The first-order valence-corrected chi connectivity index (χ1v) is 23.7. The zero-order valence-electron chi connectivity index (χ0n) is 36.9. The zero-order chi connectivity index (χ0) is 41.9. The molecule has 0 spiro atoms. The van der Waals surface area contributed by atoms with Crippen LogP contribution in [0, 0.1) is 0 Å². The summed E-state index contributed by atoms with van der Waals surface area (Å²) in [5.74, 6) is -2.31. The first-order chi connectivity index (χ1) is 27.8. The van der Waals surface area contributed by atoms with Crippen LogP contribution in [0.15, 0.2) is 24.3 Å². The maximum atomic E-state index is 12.8. The Morgan fingerprint density at radius 3 is 1.47 bits per heavy atom. The van der Waals surface area contributed by atoms with Crippen molar-refractivity contribution in [2.45, 2.75) is 244 Å². The number of carbonyl (C=O) groups is 4. The van der Waals surface area contributed by atoms with Gasteiger partial charge in [0.25, 0.3) is 0 Å². The van der Waals surface area contributed by atoms with E-state index in [0.29, 0.717) is 12.8 Å². The van der Waals surface area contributed by atoms with Crippen molar-refractivity contribution in [3.8, 4) is 0 Å². The van der Waals surface area contributed by atoms with E-state index in [9.17, 15) is 19.2 Å². The number of aliphatic hydroxyl groups is 1. The van der Waals surface area contributed by atoms with Crippen molar-refractivity contribution >= 4 is 23.8 Å². The van der Waals surface area contributed by atoms with Gasteiger partial charge in [-0.1, -0.05) is 179 Å². The fourth-order valence-corrected chi connectivity index (χ4v) is 7.05. The molecule has 0 aliphatic rings. The normalized spacial score (nSPS) is 12.6. The number of ether oxygens (including phenoxy) is 1. The number of unbranched alkanes of at least 4 members (excludes halogenated alkanes) is 25. The number of allylic oxidation sites excluding steroid dienone is 4. The molecular weight excluding hydrogens is 717 g/mol. The predicted molar refractivity (Wildman–Crippen MR) is 236 cm³/mol. The summed E-state index contributed by atoms with van der Waals surface area (Å²) >= 11 is 0. The van der Waals surface area contributed by atoms with Gasteiger partial charge < -0.3 is 25.6 Å². The van der Waals surface area contributed by atoms with Crippen molar-refractivity contribution < 1.29 is 34.1 Å².